The maximum atomic E-state index is 14.2. The highest BCUT2D eigenvalue weighted by atomic mass is 35.5. The largest absolute Gasteiger partial charge is 0.454 e. The maximum absolute atomic E-state index is 14.2. The summed E-state index contributed by atoms with van der Waals surface area (Å²) in [5.74, 6) is 1.20. The molecule has 9 nitrogen and oxygen atoms in total. The summed E-state index contributed by atoms with van der Waals surface area (Å²) in [6.07, 6.45) is 0.459. The average Bonchev–Trinajstić information content (AvgIpc) is 3.63. The average molecular weight is 572 g/mol. The van der Waals surface area contributed by atoms with Crippen LogP contribution in [0.1, 0.15) is 22.9 Å². The van der Waals surface area contributed by atoms with E-state index in [1.807, 2.05) is 48.5 Å². The zero-order valence-electron chi connectivity index (χ0n) is 22.3. The molecule has 0 unspecified atom stereocenters. The molecule has 0 saturated carbocycles. The van der Waals surface area contributed by atoms with E-state index in [-0.39, 0.29) is 37.6 Å². The molecule has 2 amide bonds. The molecule has 5 heterocycles. The molecule has 0 bridgehead atoms. The van der Waals surface area contributed by atoms with Crippen molar-refractivity contribution in [1.82, 2.24) is 15.2 Å². The number of hydrogen-bond donors (Lipinski definition) is 2. The zero-order chi connectivity index (χ0) is 26.8. The van der Waals surface area contributed by atoms with Crippen molar-refractivity contribution in [1.29, 1.82) is 0 Å². The van der Waals surface area contributed by atoms with Gasteiger partial charge in [-0.1, -0.05) is 24.3 Å². The number of rotatable bonds is 3. The highest BCUT2D eigenvalue weighted by Crippen LogP contribution is 2.45. The van der Waals surface area contributed by atoms with E-state index < -0.39 is 12.1 Å². The molecule has 4 aliphatic rings. The van der Waals surface area contributed by atoms with Gasteiger partial charge < -0.3 is 34.5 Å². The number of ether oxygens (including phenoxy) is 2. The number of halogens is 1. The van der Waals surface area contributed by atoms with E-state index in [1.54, 1.807) is 9.80 Å². The van der Waals surface area contributed by atoms with Crippen molar-refractivity contribution < 1.29 is 19.1 Å². The minimum Gasteiger partial charge on any atom is -0.454 e. The number of piperazine rings is 2. The lowest BCUT2D eigenvalue weighted by Gasteiger charge is -2.47. The number of para-hydroxylation sites is 1. The van der Waals surface area contributed by atoms with E-state index in [4.69, 9.17) is 9.47 Å². The fourth-order valence-electron chi connectivity index (χ4n) is 6.68. The molecule has 2 saturated heterocycles. The number of carbonyl (C=O) groups is 2. The highest BCUT2D eigenvalue weighted by molar-refractivity contribution is 6.08. The van der Waals surface area contributed by atoms with Gasteiger partial charge in [-0.25, -0.2) is 0 Å². The van der Waals surface area contributed by atoms with Crippen molar-refractivity contribution in [3.8, 4) is 11.5 Å². The third kappa shape index (κ3) is 4.10. The van der Waals surface area contributed by atoms with Crippen LogP contribution in [0.3, 0.4) is 0 Å². The van der Waals surface area contributed by atoms with Crippen molar-refractivity contribution >= 4 is 46.5 Å². The van der Waals surface area contributed by atoms with Gasteiger partial charge in [0.2, 0.25) is 12.7 Å². The van der Waals surface area contributed by atoms with Crippen LogP contribution in [0.4, 0.5) is 11.4 Å². The first-order valence-corrected chi connectivity index (χ1v) is 13.8. The Kier molecular flexibility index (Phi) is 6.28. The molecule has 210 valence electrons. The molecule has 0 aliphatic carbocycles. The van der Waals surface area contributed by atoms with Gasteiger partial charge in [0.25, 0.3) is 5.91 Å². The predicted octanol–water partition coefficient (Wildman–Crippen LogP) is 3.62. The van der Waals surface area contributed by atoms with Gasteiger partial charge in [-0.2, -0.15) is 0 Å². The van der Waals surface area contributed by atoms with E-state index in [2.05, 4.69) is 33.4 Å². The van der Waals surface area contributed by atoms with Crippen molar-refractivity contribution in [2.24, 2.45) is 0 Å². The van der Waals surface area contributed by atoms with Crippen molar-refractivity contribution in [3.05, 3.63) is 83.6 Å². The maximum Gasteiger partial charge on any atom is 0.250 e. The Morgan fingerprint density at radius 3 is 2.44 bits per heavy atom. The number of amides is 2. The quantitative estimate of drug-likeness (QED) is 0.390. The Labute approximate surface area is 243 Å². The third-order valence-electron chi connectivity index (χ3n) is 8.62. The standard InChI is InChI=1S/C31H29N5O4.ClH/c37-28-17-35(21-8-6-20(7-9-21)34-13-11-32-12-14-34)31(38)25-16-23-22-3-1-2-4-24(22)33-29(23)30(36(25)28)19-5-10-26-27(15-19)40-18-39-26;/h1-10,15,25,30,32-33H,11-14,16-18H2;1H/t25-,30-;/m1./s1. The second kappa shape index (κ2) is 10.0. The van der Waals surface area contributed by atoms with Crippen LogP contribution < -0.4 is 24.6 Å². The Morgan fingerprint density at radius 2 is 1.61 bits per heavy atom. The van der Waals surface area contributed by atoms with Crippen LogP contribution in [0.15, 0.2) is 66.7 Å². The third-order valence-corrected chi connectivity index (χ3v) is 8.62. The number of fused-ring (bicyclic) bond motifs is 5. The minimum absolute atomic E-state index is 0. The number of aromatic amines is 1. The van der Waals surface area contributed by atoms with Gasteiger partial charge in [-0.15, -0.1) is 12.4 Å². The van der Waals surface area contributed by atoms with Crippen LogP contribution in [-0.2, 0) is 16.0 Å². The lowest BCUT2D eigenvalue weighted by molar-refractivity contribution is -0.145. The highest BCUT2D eigenvalue weighted by Gasteiger charge is 2.48. The number of benzene rings is 3. The number of anilines is 2. The van der Waals surface area contributed by atoms with Crippen LogP contribution >= 0.6 is 12.4 Å². The summed E-state index contributed by atoms with van der Waals surface area (Å²) in [6.45, 7) is 3.99. The van der Waals surface area contributed by atoms with E-state index in [0.29, 0.717) is 17.9 Å². The Bertz CT molecular complexity index is 1650. The van der Waals surface area contributed by atoms with Crippen LogP contribution in [0.5, 0.6) is 11.5 Å². The Hall–Kier alpha value is -4.21. The molecule has 3 aromatic carbocycles. The molecular weight excluding hydrogens is 542 g/mol. The number of hydrogen-bond acceptors (Lipinski definition) is 6. The number of aromatic nitrogens is 1. The van der Waals surface area contributed by atoms with Crippen molar-refractivity contribution in [2.75, 3.05) is 49.3 Å². The molecule has 1 aromatic heterocycles. The monoisotopic (exact) mass is 571 g/mol. The molecule has 2 N–H and O–H groups in total. The molecule has 0 radical (unpaired) electrons. The van der Waals surface area contributed by atoms with Crippen LogP contribution in [0.2, 0.25) is 0 Å². The first-order valence-electron chi connectivity index (χ1n) is 13.8. The molecule has 2 atom stereocenters. The Balaban J connectivity index is 0.00000276. The second-order valence-corrected chi connectivity index (χ2v) is 10.8. The van der Waals surface area contributed by atoms with Gasteiger partial charge in [0.1, 0.15) is 12.6 Å². The first-order chi connectivity index (χ1) is 19.7. The molecule has 10 heteroatoms. The van der Waals surface area contributed by atoms with Crippen LogP contribution in [-0.4, -0.2) is 67.3 Å². The van der Waals surface area contributed by atoms with E-state index in [1.165, 1.54) is 0 Å². The van der Waals surface area contributed by atoms with Gasteiger partial charge in [-0.3, -0.25) is 9.59 Å². The summed E-state index contributed by atoms with van der Waals surface area (Å²) in [6, 6.07) is 20.9. The summed E-state index contributed by atoms with van der Waals surface area (Å²) in [5, 5.41) is 4.46. The summed E-state index contributed by atoms with van der Waals surface area (Å²) in [7, 11) is 0. The molecule has 0 spiro atoms. The summed E-state index contributed by atoms with van der Waals surface area (Å²) >= 11 is 0. The topological polar surface area (TPSA) is 90.1 Å². The predicted molar refractivity (Wildman–Crippen MR) is 158 cm³/mol. The number of nitrogens with zero attached hydrogens (tertiary/aromatic N) is 3. The molecule has 4 aromatic rings. The lowest BCUT2D eigenvalue weighted by Crippen LogP contribution is -2.63. The van der Waals surface area contributed by atoms with Gasteiger partial charge >= 0.3 is 0 Å². The first kappa shape index (κ1) is 25.7. The smallest absolute Gasteiger partial charge is 0.250 e. The minimum atomic E-state index is -0.615. The number of nitrogens with one attached hydrogen (secondary N) is 2. The van der Waals surface area contributed by atoms with E-state index in [9.17, 15) is 9.59 Å². The van der Waals surface area contributed by atoms with Gasteiger partial charge in [-0.05, 0) is 53.6 Å². The van der Waals surface area contributed by atoms with E-state index >= 15 is 0 Å². The molecule has 8 rings (SSSR count). The number of carbonyl (C=O) groups excluding carboxylic acids is 2. The van der Waals surface area contributed by atoms with Crippen molar-refractivity contribution in [3.63, 3.8) is 0 Å². The summed E-state index contributed by atoms with van der Waals surface area (Å²) in [5.41, 5.74) is 5.80. The summed E-state index contributed by atoms with van der Waals surface area (Å²) in [4.78, 5) is 37.5. The second-order valence-electron chi connectivity index (χ2n) is 10.8. The Morgan fingerprint density at radius 1 is 0.854 bits per heavy atom. The fourth-order valence-corrected chi connectivity index (χ4v) is 6.68. The molecular formula is C31H30ClN5O4. The zero-order valence-corrected chi connectivity index (χ0v) is 23.2. The molecule has 4 aliphatic heterocycles. The number of H-pyrrole nitrogens is 1. The fraction of sp³-hybridized carbons (Fsp3) is 0.290. The molecule has 41 heavy (non-hydrogen) atoms. The normalized spacial score (nSPS) is 21.5. The SMILES string of the molecule is Cl.O=C1[C@H]2Cc3c([nH]c4ccccc34)[C@@H](c3ccc4c(c3)OCO4)N2C(=O)CN1c1ccc(N2CCNCC2)cc1. The van der Waals surface area contributed by atoms with E-state index in [0.717, 1.165) is 65.3 Å². The van der Waals surface area contributed by atoms with Gasteiger partial charge in [0.15, 0.2) is 11.5 Å². The van der Waals surface area contributed by atoms with Crippen LogP contribution in [0.25, 0.3) is 10.9 Å². The van der Waals surface area contributed by atoms with Crippen molar-refractivity contribution in [2.45, 2.75) is 18.5 Å². The lowest BCUT2D eigenvalue weighted by atomic mass is 9.86. The van der Waals surface area contributed by atoms with Gasteiger partial charge in [0, 0.05) is 60.6 Å². The molecule has 2 fully saturated rings. The summed E-state index contributed by atoms with van der Waals surface area (Å²) < 4.78 is 11.2. The van der Waals surface area contributed by atoms with Gasteiger partial charge in [0.05, 0.1) is 6.04 Å². The van der Waals surface area contributed by atoms with Crippen LogP contribution in [0, 0.1) is 0 Å².